The van der Waals surface area contributed by atoms with E-state index in [1.54, 1.807) is 7.11 Å². The topological polar surface area (TPSA) is 77.5 Å². The van der Waals surface area contributed by atoms with Gasteiger partial charge in [0, 0.05) is 37.6 Å². The Balaban J connectivity index is 0.00000312. The smallest absolute Gasteiger partial charge is 0.193 e. The van der Waals surface area contributed by atoms with E-state index >= 15 is 0 Å². The van der Waals surface area contributed by atoms with Crippen molar-refractivity contribution in [3.8, 4) is 0 Å². The lowest BCUT2D eigenvalue weighted by Crippen LogP contribution is -2.23. The first-order valence-electron chi connectivity index (χ1n) is 8.15. The number of nitrogens with one attached hydrogen (secondary N) is 1. The van der Waals surface area contributed by atoms with Crippen molar-refractivity contribution in [1.82, 2.24) is 9.78 Å². The average Bonchev–Trinajstić information content (AvgIpc) is 2.79. The molecule has 0 fully saturated rings. The second-order valence-electron chi connectivity index (χ2n) is 5.86. The number of guanidine groups is 1. The van der Waals surface area contributed by atoms with Crippen molar-refractivity contribution >= 4 is 35.6 Å². The van der Waals surface area contributed by atoms with E-state index in [-0.39, 0.29) is 24.0 Å². The zero-order valence-electron chi connectivity index (χ0n) is 15.4. The molecule has 0 radical (unpaired) electrons. The molecule has 0 aliphatic heterocycles. The van der Waals surface area contributed by atoms with E-state index in [2.05, 4.69) is 22.3 Å². The van der Waals surface area contributed by atoms with Crippen LogP contribution in [0.1, 0.15) is 28.9 Å². The largest absolute Gasteiger partial charge is 0.380 e. The monoisotopic (exact) mass is 457 g/mol. The zero-order valence-corrected chi connectivity index (χ0v) is 17.7. The first-order chi connectivity index (χ1) is 11.5. The number of hydrogen-bond acceptors (Lipinski definition) is 3. The lowest BCUT2D eigenvalue weighted by molar-refractivity contribution is 0.185. The fourth-order valence-electron chi connectivity index (χ4n) is 2.74. The van der Waals surface area contributed by atoms with Gasteiger partial charge in [-0.15, -0.1) is 24.0 Å². The van der Waals surface area contributed by atoms with Crippen molar-refractivity contribution < 1.29 is 4.74 Å². The van der Waals surface area contributed by atoms with Crippen LogP contribution >= 0.6 is 24.0 Å². The number of ether oxygens (including phenoxy) is 1. The molecule has 0 saturated carbocycles. The Bertz CT molecular complexity index is 711. The first-order valence-corrected chi connectivity index (χ1v) is 8.15. The third-order valence-corrected chi connectivity index (χ3v) is 4.11. The molecular weight excluding hydrogens is 429 g/mol. The van der Waals surface area contributed by atoms with Crippen molar-refractivity contribution in [1.29, 1.82) is 0 Å². The van der Waals surface area contributed by atoms with Crippen LogP contribution < -0.4 is 11.1 Å². The van der Waals surface area contributed by atoms with E-state index in [1.807, 2.05) is 42.9 Å². The number of halogens is 1. The number of anilines is 1. The number of methoxy groups -OCH3 is 1. The number of aliphatic imine (C=N–C) groups is 1. The van der Waals surface area contributed by atoms with E-state index in [9.17, 15) is 0 Å². The number of nitrogens with two attached hydrogens (primary N) is 1. The minimum absolute atomic E-state index is 0. The normalized spacial score (nSPS) is 11.3. The molecule has 0 atom stereocenters. The molecule has 0 unspecified atom stereocenters. The van der Waals surface area contributed by atoms with Gasteiger partial charge in [0.1, 0.15) is 0 Å². The first kappa shape index (κ1) is 21.4. The van der Waals surface area contributed by atoms with Gasteiger partial charge in [-0.3, -0.25) is 9.67 Å². The maximum atomic E-state index is 6.00. The number of aryl methyl sites for hydroxylation is 2. The predicted molar refractivity (Wildman–Crippen MR) is 114 cm³/mol. The Morgan fingerprint density at radius 1 is 1.32 bits per heavy atom. The highest BCUT2D eigenvalue weighted by molar-refractivity contribution is 14.0. The van der Waals surface area contributed by atoms with E-state index in [0.29, 0.717) is 19.1 Å². The van der Waals surface area contributed by atoms with Crippen LogP contribution in [0.5, 0.6) is 0 Å². The van der Waals surface area contributed by atoms with Gasteiger partial charge < -0.3 is 15.8 Å². The second-order valence-corrected chi connectivity index (χ2v) is 5.86. The van der Waals surface area contributed by atoms with Gasteiger partial charge in [-0.1, -0.05) is 18.2 Å². The molecule has 2 aromatic rings. The summed E-state index contributed by atoms with van der Waals surface area (Å²) in [6.45, 7) is 5.37. The molecule has 6 nitrogen and oxygen atoms in total. The van der Waals surface area contributed by atoms with Crippen LogP contribution in [0.2, 0.25) is 0 Å². The Kier molecular flexibility index (Phi) is 8.91. The van der Waals surface area contributed by atoms with E-state index < -0.39 is 0 Å². The second kappa shape index (κ2) is 10.4. The van der Waals surface area contributed by atoms with Gasteiger partial charge >= 0.3 is 0 Å². The summed E-state index contributed by atoms with van der Waals surface area (Å²) >= 11 is 0. The number of benzene rings is 1. The van der Waals surface area contributed by atoms with Gasteiger partial charge in [-0.2, -0.15) is 5.10 Å². The van der Waals surface area contributed by atoms with Crippen LogP contribution in [-0.4, -0.2) is 29.4 Å². The maximum absolute atomic E-state index is 6.00. The van der Waals surface area contributed by atoms with Gasteiger partial charge in [-0.05, 0) is 38.3 Å². The molecule has 1 aromatic heterocycles. The molecule has 0 spiro atoms. The third-order valence-electron chi connectivity index (χ3n) is 4.11. The maximum Gasteiger partial charge on any atom is 0.193 e. The molecule has 0 bridgehead atoms. The highest BCUT2D eigenvalue weighted by Gasteiger charge is 2.08. The minimum Gasteiger partial charge on any atom is -0.380 e. The number of aromatic nitrogens is 2. The molecule has 1 heterocycles. The Morgan fingerprint density at radius 3 is 2.68 bits per heavy atom. The van der Waals surface area contributed by atoms with Crippen LogP contribution in [0, 0.1) is 13.8 Å². The lowest BCUT2D eigenvalue weighted by atomic mass is 10.1. The fraction of sp³-hybridized carbons (Fsp3) is 0.444. The molecule has 0 amide bonds. The highest BCUT2D eigenvalue weighted by atomic mass is 127. The van der Waals surface area contributed by atoms with Gasteiger partial charge in [0.15, 0.2) is 5.96 Å². The van der Waals surface area contributed by atoms with Crippen LogP contribution in [0.25, 0.3) is 0 Å². The van der Waals surface area contributed by atoms with Crippen molar-refractivity contribution in [2.24, 2.45) is 17.8 Å². The molecule has 25 heavy (non-hydrogen) atoms. The van der Waals surface area contributed by atoms with E-state index in [0.717, 1.165) is 29.8 Å². The molecule has 0 aliphatic carbocycles. The molecule has 1 aromatic carbocycles. The quantitative estimate of drug-likeness (QED) is 0.290. The summed E-state index contributed by atoms with van der Waals surface area (Å²) in [6.07, 6.45) is 1.90. The van der Waals surface area contributed by atoms with Crippen LogP contribution in [0.3, 0.4) is 0 Å². The van der Waals surface area contributed by atoms with Crippen molar-refractivity contribution in [3.05, 3.63) is 46.8 Å². The molecule has 0 saturated heterocycles. The summed E-state index contributed by atoms with van der Waals surface area (Å²) in [5, 5.41) is 7.59. The summed E-state index contributed by atoms with van der Waals surface area (Å²) in [7, 11) is 3.65. The Labute approximate surface area is 166 Å². The minimum atomic E-state index is 0. The molecule has 3 N–H and O–H groups in total. The standard InChI is InChI=1S/C18H27N5O.HI/c1-13-16(14(2)23(3)22-13)9-7-11-20-18(19)21-17-10-6-5-8-15(17)12-24-4;/h5-6,8,10H,7,9,11-12H2,1-4H3,(H3,19,20,21);1H. The average molecular weight is 457 g/mol. The van der Waals surface area contributed by atoms with Crippen molar-refractivity contribution in [2.75, 3.05) is 19.0 Å². The van der Waals surface area contributed by atoms with Crippen LogP contribution in [-0.2, 0) is 24.8 Å². The van der Waals surface area contributed by atoms with Crippen molar-refractivity contribution in [2.45, 2.75) is 33.3 Å². The summed E-state index contributed by atoms with van der Waals surface area (Å²) < 4.78 is 7.12. The number of nitrogens with zero attached hydrogens (tertiary/aromatic N) is 3. The number of rotatable bonds is 7. The van der Waals surface area contributed by atoms with Gasteiger partial charge in [0.25, 0.3) is 0 Å². The zero-order chi connectivity index (χ0) is 17.5. The summed E-state index contributed by atoms with van der Waals surface area (Å²) in [5.74, 6) is 0.429. The van der Waals surface area contributed by atoms with E-state index in [1.165, 1.54) is 11.3 Å². The number of hydrogen-bond donors (Lipinski definition) is 2. The summed E-state index contributed by atoms with van der Waals surface area (Å²) in [6, 6.07) is 7.92. The molecular formula is C18H28IN5O. The molecule has 138 valence electrons. The summed E-state index contributed by atoms with van der Waals surface area (Å²) in [5.41, 5.74) is 11.6. The lowest BCUT2D eigenvalue weighted by Gasteiger charge is -2.10. The van der Waals surface area contributed by atoms with Gasteiger partial charge in [0.2, 0.25) is 0 Å². The fourth-order valence-corrected chi connectivity index (χ4v) is 2.74. The highest BCUT2D eigenvalue weighted by Crippen LogP contribution is 2.16. The molecule has 2 rings (SSSR count). The van der Waals surface area contributed by atoms with Gasteiger partial charge in [0.05, 0.1) is 12.3 Å². The Morgan fingerprint density at radius 2 is 2.04 bits per heavy atom. The Hall–Kier alpha value is -1.61. The molecule has 0 aliphatic rings. The number of para-hydroxylation sites is 1. The third kappa shape index (κ3) is 6.00. The SMILES string of the molecule is COCc1ccccc1NC(N)=NCCCc1c(C)nn(C)c1C.I. The molecule has 7 heteroatoms. The van der Waals surface area contributed by atoms with Crippen LogP contribution in [0.15, 0.2) is 29.3 Å². The van der Waals surface area contributed by atoms with Crippen molar-refractivity contribution in [3.63, 3.8) is 0 Å². The van der Waals surface area contributed by atoms with Crippen LogP contribution in [0.4, 0.5) is 5.69 Å². The van der Waals surface area contributed by atoms with E-state index in [4.69, 9.17) is 10.5 Å². The summed E-state index contributed by atoms with van der Waals surface area (Å²) in [4.78, 5) is 4.42. The predicted octanol–water partition coefficient (Wildman–Crippen LogP) is 3.16. The van der Waals surface area contributed by atoms with Gasteiger partial charge in [-0.25, -0.2) is 0 Å².